The summed E-state index contributed by atoms with van der Waals surface area (Å²) in [5.74, 6) is -2.39. The Labute approximate surface area is 193 Å². The molecule has 0 amide bonds. The van der Waals surface area contributed by atoms with E-state index in [0.717, 1.165) is 10.0 Å². The van der Waals surface area contributed by atoms with E-state index < -0.39 is 23.1 Å². The number of para-hydroxylation sites is 1. The van der Waals surface area contributed by atoms with Gasteiger partial charge in [-0.25, -0.2) is 0 Å². The van der Waals surface area contributed by atoms with Crippen LogP contribution in [-0.2, 0) is 12.8 Å². The molecular formula is C23H13BrClF3O4. The first-order valence-corrected chi connectivity index (χ1v) is 10.4. The number of benzene rings is 3. The Morgan fingerprint density at radius 1 is 1.00 bits per heavy atom. The summed E-state index contributed by atoms with van der Waals surface area (Å²) in [5.41, 5.74) is -0.394. The molecule has 0 fully saturated rings. The molecule has 0 aliphatic carbocycles. The number of alkyl halides is 3. The maximum absolute atomic E-state index is 13.7. The molecule has 1 heterocycles. The third-order valence-corrected chi connectivity index (χ3v) is 5.29. The number of hydrogen-bond donors (Lipinski definition) is 0. The molecule has 3 aromatic carbocycles. The second-order valence-electron chi connectivity index (χ2n) is 6.69. The van der Waals surface area contributed by atoms with Crippen molar-refractivity contribution >= 4 is 38.5 Å². The van der Waals surface area contributed by atoms with Crippen LogP contribution >= 0.6 is 27.5 Å². The molecule has 164 valence electrons. The largest absolute Gasteiger partial charge is 0.489 e. The fraction of sp³-hybridized carbons (Fsp3) is 0.0870. The summed E-state index contributed by atoms with van der Waals surface area (Å²) < 4.78 is 57.9. The van der Waals surface area contributed by atoms with Gasteiger partial charge in [0.2, 0.25) is 11.2 Å². The van der Waals surface area contributed by atoms with E-state index in [1.807, 2.05) is 24.3 Å². The van der Waals surface area contributed by atoms with Crippen LogP contribution in [0.15, 0.2) is 80.4 Å². The smallest absolute Gasteiger partial charge is 0.453 e. The van der Waals surface area contributed by atoms with Gasteiger partial charge >= 0.3 is 6.18 Å². The van der Waals surface area contributed by atoms with Crippen molar-refractivity contribution in [1.82, 2.24) is 0 Å². The SMILES string of the molecule is O=c1c(Oc2ccccc2Cl)c(C(F)(F)F)oc2cc(OCc3ccc(Br)cc3)ccc12. The summed E-state index contributed by atoms with van der Waals surface area (Å²) in [7, 11) is 0. The zero-order valence-corrected chi connectivity index (χ0v) is 18.4. The Bertz CT molecular complexity index is 1330. The fourth-order valence-corrected chi connectivity index (χ4v) is 3.35. The number of hydrogen-bond acceptors (Lipinski definition) is 4. The first kappa shape index (κ1) is 22.2. The lowest BCUT2D eigenvalue weighted by atomic mass is 10.2. The summed E-state index contributed by atoms with van der Waals surface area (Å²) >= 11 is 9.30. The van der Waals surface area contributed by atoms with Crippen LogP contribution < -0.4 is 14.9 Å². The lowest BCUT2D eigenvalue weighted by molar-refractivity contribution is -0.154. The Hall–Kier alpha value is -2.97. The van der Waals surface area contributed by atoms with Gasteiger partial charge in [0.1, 0.15) is 23.7 Å². The molecule has 4 nitrogen and oxygen atoms in total. The second kappa shape index (κ2) is 8.88. The fourth-order valence-electron chi connectivity index (χ4n) is 2.91. The van der Waals surface area contributed by atoms with Crippen LogP contribution in [0.3, 0.4) is 0 Å². The lowest BCUT2D eigenvalue weighted by Crippen LogP contribution is -2.15. The van der Waals surface area contributed by atoms with Crippen LogP contribution in [0.25, 0.3) is 11.0 Å². The zero-order valence-electron chi connectivity index (χ0n) is 16.1. The highest BCUT2D eigenvalue weighted by molar-refractivity contribution is 9.10. The maximum atomic E-state index is 13.7. The van der Waals surface area contributed by atoms with Gasteiger partial charge in [-0.1, -0.05) is 51.8 Å². The van der Waals surface area contributed by atoms with Crippen molar-refractivity contribution in [2.24, 2.45) is 0 Å². The van der Waals surface area contributed by atoms with Crippen molar-refractivity contribution in [3.05, 3.63) is 97.8 Å². The van der Waals surface area contributed by atoms with Gasteiger partial charge in [-0.2, -0.15) is 13.2 Å². The van der Waals surface area contributed by atoms with Crippen LogP contribution in [-0.4, -0.2) is 0 Å². The molecule has 0 radical (unpaired) electrons. The van der Waals surface area contributed by atoms with Crippen LogP contribution in [0, 0.1) is 0 Å². The molecule has 0 aliphatic heterocycles. The lowest BCUT2D eigenvalue weighted by Gasteiger charge is -2.14. The van der Waals surface area contributed by atoms with Gasteiger partial charge in [-0.05, 0) is 42.0 Å². The molecule has 0 unspecified atom stereocenters. The number of ether oxygens (including phenoxy) is 2. The van der Waals surface area contributed by atoms with Crippen molar-refractivity contribution in [1.29, 1.82) is 0 Å². The highest BCUT2D eigenvalue weighted by atomic mass is 79.9. The van der Waals surface area contributed by atoms with Gasteiger partial charge in [0.15, 0.2) is 0 Å². The highest BCUT2D eigenvalue weighted by Gasteiger charge is 2.40. The zero-order chi connectivity index (χ0) is 22.9. The minimum atomic E-state index is -4.97. The number of fused-ring (bicyclic) bond motifs is 1. The molecule has 4 rings (SSSR count). The van der Waals surface area contributed by atoms with Gasteiger partial charge in [0.05, 0.1) is 10.4 Å². The predicted molar refractivity (Wildman–Crippen MR) is 117 cm³/mol. The van der Waals surface area contributed by atoms with Crippen molar-refractivity contribution in [2.45, 2.75) is 12.8 Å². The van der Waals surface area contributed by atoms with Crippen LogP contribution in [0.2, 0.25) is 5.02 Å². The van der Waals surface area contributed by atoms with Crippen molar-refractivity contribution in [3.8, 4) is 17.2 Å². The van der Waals surface area contributed by atoms with E-state index in [2.05, 4.69) is 15.9 Å². The van der Waals surface area contributed by atoms with Crippen LogP contribution in [0.5, 0.6) is 17.2 Å². The molecule has 0 saturated carbocycles. The third-order valence-electron chi connectivity index (χ3n) is 4.45. The Morgan fingerprint density at radius 2 is 1.72 bits per heavy atom. The minimum absolute atomic E-state index is 0.0526. The van der Waals surface area contributed by atoms with E-state index in [-0.39, 0.29) is 34.1 Å². The molecule has 1 aromatic heterocycles. The molecule has 4 aromatic rings. The van der Waals surface area contributed by atoms with E-state index in [9.17, 15) is 18.0 Å². The summed E-state index contributed by atoms with van der Waals surface area (Å²) in [4.78, 5) is 12.9. The molecule has 0 atom stereocenters. The van der Waals surface area contributed by atoms with E-state index >= 15 is 0 Å². The summed E-state index contributed by atoms with van der Waals surface area (Å²) in [6.07, 6.45) is -4.97. The van der Waals surface area contributed by atoms with Crippen LogP contribution in [0.4, 0.5) is 13.2 Å². The summed E-state index contributed by atoms with van der Waals surface area (Å²) in [6, 6.07) is 17.3. The first-order chi connectivity index (χ1) is 15.2. The average molecular weight is 526 g/mol. The molecule has 0 saturated heterocycles. The number of halogens is 5. The van der Waals surface area contributed by atoms with Gasteiger partial charge in [0.25, 0.3) is 5.76 Å². The van der Waals surface area contributed by atoms with Crippen molar-refractivity contribution in [3.63, 3.8) is 0 Å². The Kier molecular flexibility index (Phi) is 6.17. The highest BCUT2D eigenvalue weighted by Crippen LogP contribution is 2.39. The normalized spacial score (nSPS) is 11.5. The van der Waals surface area contributed by atoms with Gasteiger partial charge < -0.3 is 13.9 Å². The van der Waals surface area contributed by atoms with E-state index in [1.165, 1.54) is 36.4 Å². The summed E-state index contributed by atoms with van der Waals surface area (Å²) in [5, 5.41) is -0.0344. The minimum Gasteiger partial charge on any atom is -0.489 e. The molecule has 0 aliphatic rings. The molecule has 0 spiro atoms. The number of rotatable bonds is 5. The van der Waals surface area contributed by atoms with Crippen molar-refractivity contribution in [2.75, 3.05) is 0 Å². The molecule has 32 heavy (non-hydrogen) atoms. The average Bonchev–Trinajstić information content (AvgIpc) is 2.75. The Balaban J connectivity index is 1.73. The molecular weight excluding hydrogens is 513 g/mol. The standard InChI is InChI=1S/C23H13BrClF3O4/c24-14-7-5-13(6-8-14)12-30-15-9-10-16-19(11-15)32-22(23(26,27)28)21(20(16)29)31-18-4-2-1-3-17(18)25/h1-11H,12H2. The molecule has 9 heteroatoms. The Morgan fingerprint density at radius 3 is 2.41 bits per heavy atom. The van der Waals surface area contributed by atoms with E-state index in [0.29, 0.717) is 0 Å². The maximum Gasteiger partial charge on any atom is 0.453 e. The van der Waals surface area contributed by atoms with E-state index in [1.54, 1.807) is 6.07 Å². The topological polar surface area (TPSA) is 48.7 Å². The quantitative estimate of drug-likeness (QED) is 0.269. The third kappa shape index (κ3) is 4.76. The van der Waals surface area contributed by atoms with E-state index in [4.69, 9.17) is 25.5 Å². The van der Waals surface area contributed by atoms with Crippen LogP contribution in [0.1, 0.15) is 11.3 Å². The van der Waals surface area contributed by atoms with Crippen molar-refractivity contribution < 1.29 is 27.1 Å². The summed E-state index contributed by atoms with van der Waals surface area (Å²) in [6.45, 7) is 0.183. The van der Waals surface area contributed by atoms with Gasteiger partial charge in [0, 0.05) is 10.5 Å². The first-order valence-electron chi connectivity index (χ1n) is 9.20. The predicted octanol–water partition coefficient (Wildman–Crippen LogP) is 7.60. The molecule has 0 bridgehead atoms. The molecule has 0 N–H and O–H groups in total. The second-order valence-corrected chi connectivity index (χ2v) is 8.02. The van der Waals surface area contributed by atoms with Gasteiger partial charge in [-0.3, -0.25) is 4.79 Å². The monoisotopic (exact) mass is 524 g/mol. The van der Waals surface area contributed by atoms with Gasteiger partial charge in [-0.15, -0.1) is 0 Å².